The van der Waals surface area contributed by atoms with Crippen molar-refractivity contribution in [2.45, 2.75) is 39.4 Å². The fraction of sp³-hybridized carbons (Fsp3) is 0.364. The molecule has 0 heterocycles. The average molecular weight is 352 g/mol. The Balaban J connectivity index is 1.66. The van der Waals surface area contributed by atoms with E-state index in [1.165, 1.54) is 0 Å². The highest BCUT2D eigenvalue weighted by Crippen LogP contribution is 2.44. The van der Waals surface area contributed by atoms with Crippen LogP contribution in [-0.4, -0.2) is 11.9 Å². The summed E-state index contributed by atoms with van der Waals surface area (Å²) in [6.45, 7) is 1.99. The van der Waals surface area contributed by atoms with Gasteiger partial charge in [0.15, 0.2) is 5.41 Å². The molecule has 1 saturated carbocycles. The third kappa shape index (κ3) is 3.96. The molecule has 0 atom stereocenters. The van der Waals surface area contributed by atoms with Crippen molar-refractivity contribution in [2.75, 3.05) is 0 Å². The van der Waals surface area contributed by atoms with Crippen molar-refractivity contribution in [3.63, 3.8) is 0 Å². The van der Waals surface area contributed by atoms with Crippen molar-refractivity contribution in [3.8, 4) is 0 Å². The number of carbonyl (C=O) groups excluding carboxylic acids is 2. The summed E-state index contributed by atoms with van der Waals surface area (Å²) in [6.07, 6.45) is 2.72. The van der Waals surface area contributed by atoms with Crippen LogP contribution in [-0.2, 0) is 32.3 Å². The van der Waals surface area contributed by atoms with Gasteiger partial charge in [-0.05, 0) is 36.8 Å². The number of esters is 2. The number of carbonyl (C=O) groups is 2. The highest BCUT2D eigenvalue weighted by molar-refractivity contribution is 6.00. The molecule has 4 nitrogen and oxygen atoms in total. The van der Waals surface area contributed by atoms with Crippen molar-refractivity contribution < 1.29 is 19.1 Å². The minimum absolute atomic E-state index is 0.0194. The van der Waals surface area contributed by atoms with Gasteiger partial charge in [-0.2, -0.15) is 0 Å². The van der Waals surface area contributed by atoms with Gasteiger partial charge in [0.05, 0.1) is 0 Å². The fourth-order valence-electron chi connectivity index (χ4n) is 3.15. The molecule has 2 aromatic rings. The first kappa shape index (κ1) is 18.2. The smallest absolute Gasteiger partial charge is 0.323 e. The first-order valence-corrected chi connectivity index (χ1v) is 9.03. The summed E-state index contributed by atoms with van der Waals surface area (Å²) in [5.41, 5.74) is 0.547. The van der Waals surface area contributed by atoms with Gasteiger partial charge in [0.2, 0.25) is 0 Å². The maximum Gasteiger partial charge on any atom is 0.323 e. The van der Waals surface area contributed by atoms with Gasteiger partial charge in [-0.1, -0.05) is 67.1 Å². The van der Waals surface area contributed by atoms with Crippen LogP contribution in [0.15, 0.2) is 60.7 Å². The van der Waals surface area contributed by atoms with Crippen LogP contribution in [0.1, 0.15) is 37.3 Å². The van der Waals surface area contributed by atoms with Crippen LogP contribution >= 0.6 is 0 Å². The zero-order valence-corrected chi connectivity index (χ0v) is 15.0. The van der Waals surface area contributed by atoms with E-state index in [4.69, 9.17) is 9.47 Å². The van der Waals surface area contributed by atoms with Gasteiger partial charge in [-0.25, -0.2) is 0 Å². The van der Waals surface area contributed by atoms with Crippen LogP contribution in [0.4, 0.5) is 0 Å². The van der Waals surface area contributed by atoms with Gasteiger partial charge >= 0.3 is 11.9 Å². The lowest BCUT2D eigenvalue weighted by molar-refractivity contribution is -0.180. The molecule has 1 aliphatic carbocycles. The number of rotatable bonds is 7. The predicted molar refractivity (Wildman–Crippen MR) is 97.9 cm³/mol. The molecule has 0 aromatic heterocycles. The number of ether oxygens (including phenoxy) is 2. The maximum atomic E-state index is 12.8. The Labute approximate surface area is 154 Å². The molecular formula is C22H24O4. The molecule has 3 rings (SSSR count). The summed E-state index contributed by atoms with van der Waals surface area (Å²) in [4.78, 5) is 25.6. The number of hydrogen-bond acceptors (Lipinski definition) is 4. The second-order valence-corrected chi connectivity index (χ2v) is 6.95. The monoisotopic (exact) mass is 352 g/mol. The van der Waals surface area contributed by atoms with E-state index in [2.05, 4.69) is 0 Å². The molecule has 1 aliphatic rings. The molecule has 4 heteroatoms. The van der Waals surface area contributed by atoms with Gasteiger partial charge in [-0.15, -0.1) is 0 Å². The summed E-state index contributed by atoms with van der Waals surface area (Å²) >= 11 is 0. The molecule has 0 N–H and O–H groups in total. The lowest BCUT2D eigenvalue weighted by atomic mass is 9.66. The lowest BCUT2D eigenvalue weighted by Crippen LogP contribution is -2.47. The zero-order chi connectivity index (χ0) is 18.4. The molecule has 0 unspecified atom stereocenters. The normalized spacial score (nSPS) is 14.3. The molecule has 0 aliphatic heterocycles. The highest BCUT2D eigenvalue weighted by atomic mass is 16.6. The van der Waals surface area contributed by atoms with Crippen molar-refractivity contribution in [3.05, 3.63) is 71.8 Å². The summed E-state index contributed by atoms with van der Waals surface area (Å²) < 4.78 is 11.0. The minimum Gasteiger partial charge on any atom is -0.460 e. The Hall–Kier alpha value is -2.62. The Morgan fingerprint density at radius 3 is 1.62 bits per heavy atom. The highest BCUT2D eigenvalue weighted by Gasteiger charge is 2.52. The third-order valence-electron chi connectivity index (χ3n) is 5.20. The van der Waals surface area contributed by atoms with E-state index >= 15 is 0 Å². The molecular weight excluding hydrogens is 328 g/mol. The standard InChI is InChI=1S/C22H24O4/c1-22(19-13-8-14-19,20(23)25-15-17-9-4-2-5-10-17)21(24)26-16-18-11-6-3-7-12-18/h2-7,9-12,19H,8,13-16H2,1H3. The van der Waals surface area contributed by atoms with Crippen LogP contribution in [0.5, 0.6) is 0 Å². The zero-order valence-electron chi connectivity index (χ0n) is 15.0. The summed E-state index contributed by atoms with van der Waals surface area (Å²) in [5.74, 6) is -1.01. The first-order chi connectivity index (χ1) is 12.6. The molecule has 136 valence electrons. The molecule has 0 spiro atoms. The molecule has 0 saturated heterocycles. The van der Waals surface area contributed by atoms with Crippen molar-refractivity contribution in [1.29, 1.82) is 0 Å². The van der Waals surface area contributed by atoms with Gasteiger partial charge in [0.25, 0.3) is 0 Å². The maximum absolute atomic E-state index is 12.8. The second-order valence-electron chi connectivity index (χ2n) is 6.95. The van der Waals surface area contributed by atoms with Gasteiger partial charge in [0.1, 0.15) is 13.2 Å². The largest absolute Gasteiger partial charge is 0.460 e. The van der Waals surface area contributed by atoms with Crippen LogP contribution in [0.3, 0.4) is 0 Å². The Morgan fingerprint density at radius 1 is 0.846 bits per heavy atom. The summed E-state index contributed by atoms with van der Waals surface area (Å²) in [7, 11) is 0. The molecule has 2 aromatic carbocycles. The van der Waals surface area contributed by atoms with E-state index in [1.54, 1.807) is 6.92 Å². The van der Waals surface area contributed by atoms with Crippen LogP contribution in [0.2, 0.25) is 0 Å². The van der Waals surface area contributed by atoms with E-state index in [-0.39, 0.29) is 19.1 Å². The fourth-order valence-corrected chi connectivity index (χ4v) is 3.15. The SMILES string of the molecule is CC(C(=O)OCc1ccccc1)(C(=O)OCc1ccccc1)C1CCC1. The second kappa shape index (κ2) is 8.17. The van der Waals surface area contributed by atoms with Gasteiger partial charge < -0.3 is 9.47 Å². The molecule has 0 radical (unpaired) electrons. The van der Waals surface area contributed by atoms with Crippen LogP contribution in [0.25, 0.3) is 0 Å². The molecule has 0 amide bonds. The predicted octanol–water partition coefficient (Wildman–Crippen LogP) is 4.28. The third-order valence-corrected chi connectivity index (χ3v) is 5.20. The first-order valence-electron chi connectivity index (χ1n) is 9.03. The van der Waals surface area contributed by atoms with E-state index in [9.17, 15) is 9.59 Å². The van der Waals surface area contributed by atoms with E-state index in [1.807, 2.05) is 60.7 Å². The molecule has 0 bridgehead atoms. The summed E-state index contributed by atoms with van der Waals surface area (Å²) in [6, 6.07) is 18.9. The van der Waals surface area contributed by atoms with Crippen molar-refractivity contribution in [1.82, 2.24) is 0 Å². The quantitative estimate of drug-likeness (QED) is 0.551. The van der Waals surface area contributed by atoms with E-state index < -0.39 is 17.4 Å². The Kier molecular flexibility index (Phi) is 5.71. The molecule has 1 fully saturated rings. The van der Waals surface area contributed by atoms with Gasteiger partial charge in [-0.3, -0.25) is 9.59 Å². The Bertz CT molecular complexity index is 680. The number of benzene rings is 2. The molecule has 26 heavy (non-hydrogen) atoms. The van der Waals surface area contributed by atoms with Crippen molar-refractivity contribution in [2.24, 2.45) is 11.3 Å². The van der Waals surface area contributed by atoms with Crippen LogP contribution < -0.4 is 0 Å². The topological polar surface area (TPSA) is 52.6 Å². The van der Waals surface area contributed by atoms with E-state index in [0.717, 1.165) is 30.4 Å². The van der Waals surface area contributed by atoms with Crippen molar-refractivity contribution >= 4 is 11.9 Å². The average Bonchev–Trinajstić information content (AvgIpc) is 2.64. The van der Waals surface area contributed by atoms with Crippen LogP contribution in [0, 0.1) is 11.3 Å². The lowest BCUT2D eigenvalue weighted by Gasteiger charge is -2.38. The summed E-state index contributed by atoms with van der Waals surface area (Å²) in [5, 5.41) is 0. The van der Waals surface area contributed by atoms with E-state index in [0.29, 0.717) is 0 Å². The minimum atomic E-state index is -1.25. The number of hydrogen-bond donors (Lipinski definition) is 0. The Morgan fingerprint density at radius 2 is 1.27 bits per heavy atom. The van der Waals surface area contributed by atoms with Gasteiger partial charge in [0, 0.05) is 0 Å².